The van der Waals surface area contributed by atoms with E-state index in [1.54, 1.807) is 12.1 Å². The quantitative estimate of drug-likeness (QED) is 0.519. The fourth-order valence-electron chi connectivity index (χ4n) is 1.61. The summed E-state index contributed by atoms with van der Waals surface area (Å²) in [7, 11) is 0. The number of rotatable bonds is 0. The second-order valence-electron chi connectivity index (χ2n) is 3.10. The number of nitrogens with zero attached hydrogens (tertiary/aromatic N) is 3. The van der Waals surface area contributed by atoms with Gasteiger partial charge in [-0.05, 0) is 35.1 Å². The molecule has 0 fully saturated rings. The minimum atomic E-state index is -0.0319. The number of hydrogen-bond acceptors (Lipinski definition) is 4. The highest BCUT2D eigenvalue weighted by Gasteiger charge is 2.10. The average molecular weight is 183 g/mol. The molecule has 0 saturated carbocycles. The third-order valence-corrected chi connectivity index (χ3v) is 2.23. The van der Waals surface area contributed by atoms with Crippen LogP contribution in [-0.4, -0.2) is 15.4 Å². The van der Waals surface area contributed by atoms with Crippen LogP contribution in [0.2, 0.25) is 0 Å². The molecule has 0 spiro atoms. The summed E-state index contributed by atoms with van der Waals surface area (Å²) in [5, 5.41) is 12.3. The molecule has 1 aliphatic carbocycles. The van der Waals surface area contributed by atoms with Crippen LogP contribution >= 0.6 is 0 Å². The van der Waals surface area contributed by atoms with E-state index in [0.717, 1.165) is 16.6 Å². The van der Waals surface area contributed by atoms with E-state index in [4.69, 9.17) is 0 Å². The van der Waals surface area contributed by atoms with Gasteiger partial charge in [0.2, 0.25) is 0 Å². The van der Waals surface area contributed by atoms with Gasteiger partial charge in [-0.3, -0.25) is 4.79 Å². The van der Waals surface area contributed by atoms with Crippen molar-refractivity contribution in [2.45, 2.75) is 0 Å². The lowest BCUT2D eigenvalue weighted by atomic mass is 10.2. The minimum Gasteiger partial charge on any atom is -0.290 e. The maximum absolute atomic E-state index is 11.3. The summed E-state index contributed by atoms with van der Waals surface area (Å²) >= 11 is 0. The molecule has 0 aliphatic heterocycles. The van der Waals surface area contributed by atoms with E-state index in [1.807, 2.05) is 12.2 Å². The van der Waals surface area contributed by atoms with Gasteiger partial charge >= 0.3 is 0 Å². The molecule has 0 bridgehead atoms. The third kappa shape index (κ3) is 0.877. The third-order valence-electron chi connectivity index (χ3n) is 2.23. The Kier molecular flexibility index (Phi) is 1.28. The van der Waals surface area contributed by atoms with Crippen LogP contribution in [-0.2, 0) is 0 Å². The zero-order valence-corrected chi connectivity index (χ0v) is 7.14. The van der Waals surface area contributed by atoms with Crippen LogP contribution < -0.4 is 5.43 Å². The molecule has 2 aromatic rings. The Balaban J connectivity index is 2.67. The van der Waals surface area contributed by atoms with Gasteiger partial charge in [-0.25, -0.2) is 0 Å². The van der Waals surface area contributed by atoms with Crippen LogP contribution in [0.5, 0.6) is 0 Å². The lowest BCUT2D eigenvalue weighted by molar-refractivity contribution is 0.890. The van der Waals surface area contributed by atoms with Crippen molar-refractivity contribution in [1.29, 1.82) is 0 Å². The SMILES string of the molecule is O=c1ccc2nnnc3c2c(c1)C=C3. The first-order valence-corrected chi connectivity index (χ1v) is 4.20. The monoisotopic (exact) mass is 183 g/mol. The summed E-state index contributed by atoms with van der Waals surface area (Å²) in [6, 6.07) is 4.74. The maximum Gasteiger partial charge on any atom is 0.179 e. The summed E-state index contributed by atoms with van der Waals surface area (Å²) in [5.74, 6) is 0. The molecule has 0 saturated heterocycles. The predicted octanol–water partition coefficient (Wildman–Crippen LogP) is 0.869. The second-order valence-corrected chi connectivity index (χ2v) is 3.10. The highest BCUT2D eigenvalue weighted by molar-refractivity contribution is 6.00. The van der Waals surface area contributed by atoms with E-state index in [1.165, 1.54) is 6.07 Å². The van der Waals surface area contributed by atoms with Gasteiger partial charge in [0.25, 0.3) is 0 Å². The predicted molar refractivity (Wildman–Crippen MR) is 52.5 cm³/mol. The summed E-state index contributed by atoms with van der Waals surface area (Å²) in [5.41, 5.74) is 2.32. The molecule has 0 radical (unpaired) electrons. The van der Waals surface area contributed by atoms with Crippen LogP contribution in [0.4, 0.5) is 0 Å². The zero-order valence-electron chi connectivity index (χ0n) is 7.14. The fraction of sp³-hybridized carbons (Fsp3) is 0. The van der Waals surface area contributed by atoms with Crippen molar-refractivity contribution >= 4 is 23.1 Å². The van der Waals surface area contributed by atoms with Crippen molar-refractivity contribution < 1.29 is 0 Å². The Morgan fingerprint density at radius 3 is 2.93 bits per heavy atom. The highest BCUT2D eigenvalue weighted by Crippen LogP contribution is 2.25. The van der Waals surface area contributed by atoms with Gasteiger partial charge in [-0.15, -0.1) is 10.2 Å². The van der Waals surface area contributed by atoms with Crippen LogP contribution in [0.1, 0.15) is 11.3 Å². The van der Waals surface area contributed by atoms with Crippen molar-refractivity contribution in [1.82, 2.24) is 15.4 Å². The van der Waals surface area contributed by atoms with Crippen molar-refractivity contribution in [3.8, 4) is 0 Å². The molecule has 0 N–H and O–H groups in total. The molecule has 66 valence electrons. The van der Waals surface area contributed by atoms with Gasteiger partial charge < -0.3 is 0 Å². The van der Waals surface area contributed by atoms with E-state index < -0.39 is 0 Å². The van der Waals surface area contributed by atoms with Crippen molar-refractivity contribution in [3.63, 3.8) is 0 Å². The van der Waals surface area contributed by atoms with E-state index in [9.17, 15) is 4.79 Å². The van der Waals surface area contributed by atoms with Crippen LogP contribution in [0.3, 0.4) is 0 Å². The lowest BCUT2D eigenvalue weighted by Crippen LogP contribution is -1.90. The summed E-state index contributed by atoms with van der Waals surface area (Å²) in [6.45, 7) is 0. The zero-order chi connectivity index (χ0) is 9.54. The van der Waals surface area contributed by atoms with Crippen molar-refractivity contribution in [3.05, 3.63) is 39.7 Å². The molecule has 14 heavy (non-hydrogen) atoms. The Labute approximate surface area is 78.9 Å². The van der Waals surface area contributed by atoms with Gasteiger partial charge in [-0.1, -0.05) is 6.08 Å². The van der Waals surface area contributed by atoms with E-state index >= 15 is 0 Å². The molecule has 4 heteroatoms. The first-order valence-electron chi connectivity index (χ1n) is 4.20. The Hall–Kier alpha value is -2.10. The molecule has 4 nitrogen and oxygen atoms in total. The first kappa shape index (κ1) is 7.32. The molecule has 1 aliphatic rings. The van der Waals surface area contributed by atoms with Crippen LogP contribution in [0.15, 0.2) is 23.0 Å². The highest BCUT2D eigenvalue weighted by atomic mass is 16.1. The van der Waals surface area contributed by atoms with Crippen LogP contribution in [0, 0.1) is 0 Å². The first-order chi connectivity index (χ1) is 6.84. The molecule has 1 heterocycles. The molecular weight excluding hydrogens is 178 g/mol. The Morgan fingerprint density at radius 1 is 1.07 bits per heavy atom. The lowest BCUT2D eigenvalue weighted by Gasteiger charge is -1.91. The van der Waals surface area contributed by atoms with Crippen LogP contribution in [0.25, 0.3) is 23.1 Å². The fourth-order valence-corrected chi connectivity index (χ4v) is 1.61. The van der Waals surface area contributed by atoms with E-state index in [2.05, 4.69) is 15.4 Å². The average Bonchev–Trinajstić information content (AvgIpc) is 2.51. The largest absolute Gasteiger partial charge is 0.290 e. The van der Waals surface area contributed by atoms with Gasteiger partial charge in [0, 0.05) is 5.39 Å². The maximum atomic E-state index is 11.3. The summed E-state index contributed by atoms with van der Waals surface area (Å²) in [6.07, 6.45) is 3.70. The Morgan fingerprint density at radius 2 is 2.00 bits per heavy atom. The molecule has 1 aromatic heterocycles. The number of aromatic nitrogens is 3. The molecule has 0 amide bonds. The van der Waals surface area contributed by atoms with Gasteiger partial charge in [0.05, 0.1) is 11.2 Å². The normalized spacial score (nSPS) is 12.3. The van der Waals surface area contributed by atoms with E-state index in [0.29, 0.717) is 5.52 Å². The molecule has 1 aromatic carbocycles. The van der Waals surface area contributed by atoms with E-state index in [-0.39, 0.29) is 5.43 Å². The molecular formula is C10H5N3O. The summed E-state index contributed by atoms with van der Waals surface area (Å²) in [4.78, 5) is 11.3. The smallest absolute Gasteiger partial charge is 0.179 e. The number of hydrogen-bond donors (Lipinski definition) is 0. The van der Waals surface area contributed by atoms with Gasteiger partial charge in [0.15, 0.2) is 5.43 Å². The van der Waals surface area contributed by atoms with Crippen molar-refractivity contribution in [2.75, 3.05) is 0 Å². The molecule has 3 rings (SSSR count). The minimum absolute atomic E-state index is 0.0319. The molecule has 0 unspecified atom stereocenters. The topological polar surface area (TPSA) is 55.7 Å². The Bertz CT molecular complexity index is 619. The molecule has 0 atom stereocenters. The standard InChI is InChI=1S/C10H5N3O/c14-7-2-4-9-10-6(5-7)1-3-8(10)11-13-12-9/h1-5H. The second kappa shape index (κ2) is 2.45. The van der Waals surface area contributed by atoms with Gasteiger partial charge in [0.1, 0.15) is 0 Å². The summed E-state index contributed by atoms with van der Waals surface area (Å²) < 4.78 is 0. The van der Waals surface area contributed by atoms with Gasteiger partial charge in [-0.2, -0.15) is 0 Å². The van der Waals surface area contributed by atoms with Crippen molar-refractivity contribution in [2.24, 2.45) is 0 Å².